The molecule has 0 saturated heterocycles. The molecule has 2 aromatic carbocycles. The van der Waals surface area contributed by atoms with E-state index in [-0.39, 0.29) is 5.82 Å². The van der Waals surface area contributed by atoms with Crippen molar-refractivity contribution in [2.45, 2.75) is 6.54 Å². The van der Waals surface area contributed by atoms with Gasteiger partial charge in [-0.05, 0) is 42.5 Å². The van der Waals surface area contributed by atoms with E-state index in [1.807, 2.05) is 42.5 Å². The van der Waals surface area contributed by atoms with Crippen molar-refractivity contribution in [3.63, 3.8) is 0 Å². The highest BCUT2D eigenvalue weighted by Gasteiger charge is 2.08. The van der Waals surface area contributed by atoms with Crippen LogP contribution in [0.5, 0.6) is 0 Å². The molecule has 5 heteroatoms. The van der Waals surface area contributed by atoms with E-state index in [1.165, 1.54) is 6.07 Å². The highest BCUT2D eigenvalue weighted by Crippen LogP contribution is 2.24. The molecule has 2 heterocycles. The molecule has 0 fully saturated rings. The van der Waals surface area contributed by atoms with Gasteiger partial charge in [-0.1, -0.05) is 18.2 Å². The second kappa shape index (κ2) is 6.12. The first kappa shape index (κ1) is 14.4. The van der Waals surface area contributed by atoms with E-state index < -0.39 is 0 Å². The Labute approximate surface area is 138 Å². The maximum atomic E-state index is 13.6. The first-order valence-corrected chi connectivity index (χ1v) is 7.59. The Bertz CT molecular complexity index is 946. The molecular weight excluding hydrogens is 305 g/mol. The van der Waals surface area contributed by atoms with Crippen LogP contribution in [0.1, 0.15) is 5.56 Å². The second-order valence-electron chi connectivity index (χ2n) is 5.37. The molecule has 0 spiro atoms. The first-order valence-electron chi connectivity index (χ1n) is 7.59. The van der Waals surface area contributed by atoms with Crippen molar-refractivity contribution < 1.29 is 8.81 Å². The lowest BCUT2D eigenvalue weighted by Crippen LogP contribution is -2.01. The Morgan fingerprint density at radius 2 is 1.79 bits per heavy atom. The third kappa shape index (κ3) is 2.84. The molecule has 0 atom stereocenters. The summed E-state index contributed by atoms with van der Waals surface area (Å²) in [6.07, 6.45) is 1.68. The molecule has 0 saturated carbocycles. The molecule has 0 bridgehead atoms. The number of rotatable bonds is 4. The van der Waals surface area contributed by atoms with E-state index in [0.29, 0.717) is 29.2 Å². The summed E-state index contributed by atoms with van der Waals surface area (Å²) >= 11 is 0. The Morgan fingerprint density at radius 1 is 0.958 bits per heavy atom. The van der Waals surface area contributed by atoms with Gasteiger partial charge in [0.15, 0.2) is 11.2 Å². The molecule has 24 heavy (non-hydrogen) atoms. The summed E-state index contributed by atoms with van der Waals surface area (Å²) < 4.78 is 19.3. The average molecular weight is 319 g/mol. The van der Waals surface area contributed by atoms with E-state index in [1.54, 1.807) is 18.3 Å². The predicted octanol–water partition coefficient (Wildman–Crippen LogP) is 4.64. The van der Waals surface area contributed by atoms with Crippen LogP contribution >= 0.6 is 0 Å². The standard InChI is InChI=1S/C19H14FN3O/c20-16-5-2-1-4-14(16)12-22-15-9-7-13(8-10-15)19-23-18-17(24-19)6-3-11-21-18/h1-11,22H,12H2. The summed E-state index contributed by atoms with van der Waals surface area (Å²) in [6, 6.07) is 18.0. The minimum absolute atomic E-state index is 0.208. The van der Waals surface area contributed by atoms with E-state index in [0.717, 1.165) is 11.3 Å². The molecule has 4 aromatic rings. The Morgan fingerprint density at radius 3 is 2.58 bits per heavy atom. The lowest BCUT2D eigenvalue weighted by molar-refractivity contribution is 0.613. The number of nitrogens with zero attached hydrogens (tertiary/aromatic N) is 2. The number of hydrogen-bond acceptors (Lipinski definition) is 4. The van der Waals surface area contributed by atoms with Gasteiger partial charge in [0.2, 0.25) is 5.89 Å². The molecule has 4 rings (SSSR count). The SMILES string of the molecule is Fc1ccccc1CNc1ccc(-c2nc3ncccc3o2)cc1. The fraction of sp³-hybridized carbons (Fsp3) is 0.0526. The zero-order valence-electron chi connectivity index (χ0n) is 12.7. The monoisotopic (exact) mass is 319 g/mol. The highest BCUT2D eigenvalue weighted by atomic mass is 19.1. The van der Waals surface area contributed by atoms with Gasteiger partial charge < -0.3 is 9.73 Å². The maximum Gasteiger partial charge on any atom is 0.228 e. The van der Waals surface area contributed by atoms with E-state index in [9.17, 15) is 4.39 Å². The lowest BCUT2D eigenvalue weighted by Gasteiger charge is -2.07. The number of benzene rings is 2. The van der Waals surface area contributed by atoms with Crippen LogP contribution in [0.25, 0.3) is 22.7 Å². The second-order valence-corrected chi connectivity index (χ2v) is 5.37. The van der Waals surface area contributed by atoms with Crippen molar-refractivity contribution in [1.82, 2.24) is 9.97 Å². The first-order chi connectivity index (χ1) is 11.8. The van der Waals surface area contributed by atoms with Gasteiger partial charge in [0, 0.05) is 29.6 Å². The van der Waals surface area contributed by atoms with Crippen LogP contribution in [0.15, 0.2) is 71.3 Å². The van der Waals surface area contributed by atoms with E-state index in [2.05, 4.69) is 15.3 Å². The number of anilines is 1. The molecule has 0 aliphatic carbocycles. The van der Waals surface area contributed by atoms with Crippen molar-refractivity contribution in [3.8, 4) is 11.5 Å². The zero-order valence-corrected chi connectivity index (χ0v) is 12.7. The molecular formula is C19H14FN3O. The summed E-state index contributed by atoms with van der Waals surface area (Å²) in [5.41, 5.74) is 3.65. The van der Waals surface area contributed by atoms with Crippen molar-refractivity contribution in [1.29, 1.82) is 0 Å². The van der Waals surface area contributed by atoms with Crippen LogP contribution in [0.3, 0.4) is 0 Å². The molecule has 1 N–H and O–H groups in total. The van der Waals surface area contributed by atoms with Crippen LogP contribution in [-0.4, -0.2) is 9.97 Å². The molecule has 118 valence electrons. The summed E-state index contributed by atoms with van der Waals surface area (Å²) in [5.74, 6) is 0.324. The van der Waals surface area contributed by atoms with E-state index >= 15 is 0 Å². The van der Waals surface area contributed by atoms with Gasteiger partial charge >= 0.3 is 0 Å². The smallest absolute Gasteiger partial charge is 0.228 e. The fourth-order valence-electron chi connectivity index (χ4n) is 2.46. The van der Waals surface area contributed by atoms with Gasteiger partial charge in [-0.25, -0.2) is 9.37 Å². The van der Waals surface area contributed by atoms with Gasteiger partial charge in [0.1, 0.15) is 5.82 Å². The molecule has 0 aliphatic heterocycles. The van der Waals surface area contributed by atoms with Crippen LogP contribution in [-0.2, 0) is 6.54 Å². The Kier molecular flexibility index (Phi) is 3.67. The number of pyridine rings is 1. The number of halogens is 1. The van der Waals surface area contributed by atoms with Crippen LogP contribution in [0.2, 0.25) is 0 Å². The third-order valence-corrected chi connectivity index (χ3v) is 3.74. The lowest BCUT2D eigenvalue weighted by atomic mass is 10.2. The number of nitrogens with one attached hydrogen (secondary N) is 1. The molecule has 4 nitrogen and oxygen atoms in total. The fourth-order valence-corrected chi connectivity index (χ4v) is 2.46. The number of hydrogen-bond donors (Lipinski definition) is 1. The van der Waals surface area contributed by atoms with Gasteiger partial charge in [-0.3, -0.25) is 0 Å². The van der Waals surface area contributed by atoms with Crippen molar-refractivity contribution >= 4 is 16.9 Å². The minimum Gasteiger partial charge on any atom is -0.434 e. The zero-order chi connectivity index (χ0) is 16.4. The van der Waals surface area contributed by atoms with Gasteiger partial charge in [0.05, 0.1) is 0 Å². The van der Waals surface area contributed by atoms with Gasteiger partial charge in [-0.2, -0.15) is 4.98 Å². The third-order valence-electron chi connectivity index (χ3n) is 3.74. The van der Waals surface area contributed by atoms with Crippen molar-refractivity contribution in [3.05, 3.63) is 78.2 Å². The molecule has 0 radical (unpaired) electrons. The quantitative estimate of drug-likeness (QED) is 0.595. The highest BCUT2D eigenvalue weighted by molar-refractivity contribution is 5.72. The van der Waals surface area contributed by atoms with Crippen molar-refractivity contribution in [2.24, 2.45) is 0 Å². The topological polar surface area (TPSA) is 51.0 Å². The van der Waals surface area contributed by atoms with Crippen LogP contribution in [0.4, 0.5) is 10.1 Å². The Hall–Kier alpha value is -3.21. The van der Waals surface area contributed by atoms with Gasteiger partial charge in [-0.15, -0.1) is 0 Å². The minimum atomic E-state index is -0.208. The normalized spacial score (nSPS) is 10.9. The summed E-state index contributed by atoms with van der Waals surface area (Å²) in [7, 11) is 0. The van der Waals surface area contributed by atoms with Crippen LogP contribution in [0, 0.1) is 5.82 Å². The summed E-state index contributed by atoms with van der Waals surface area (Å²) in [6.45, 7) is 0.429. The van der Waals surface area contributed by atoms with Crippen LogP contribution < -0.4 is 5.32 Å². The van der Waals surface area contributed by atoms with E-state index in [4.69, 9.17) is 4.42 Å². The number of fused-ring (bicyclic) bond motifs is 1. The van der Waals surface area contributed by atoms with Crippen molar-refractivity contribution in [2.75, 3.05) is 5.32 Å². The molecule has 2 aromatic heterocycles. The Balaban J connectivity index is 1.51. The molecule has 0 unspecified atom stereocenters. The largest absolute Gasteiger partial charge is 0.434 e. The average Bonchev–Trinajstić information content (AvgIpc) is 3.06. The number of oxazole rings is 1. The summed E-state index contributed by atoms with van der Waals surface area (Å²) in [5, 5.41) is 3.20. The molecule has 0 amide bonds. The predicted molar refractivity (Wildman–Crippen MR) is 91.0 cm³/mol. The van der Waals surface area contributed by atoms with Gasteiger partial charge in [0.25, 0.3) is 0 Å². The maximum absolute atomic E-state index is 13.6. The summed E-state index contributed by atoms with van der Waals surface area (Å²) in [4.78, 5) is 8.53. The molecule has 0 aliphatic rings. The number of aromatic nitrogens is 2.